The second-order valence-corrected chi connectivity index (χ2v) is 4.15. The van der Waals surface area contributed by atoms with Crippen molar-refractivity contribution in [3.63, 3.8) is 0 Å². The van der Waals surface area contributed by atoms with Crippen LogP contribution in [-0.2, 0) is 0 Å². The summed E-state index contributed by atoms with van der Waals surface area (Å²) >= 11 is 6.31. The second-order valence-electron chi connectivity index (χ2n) is 2.60. The third-order valence-corrected chi connectivity index (χ3v) is 2.74. The molecule has 0 saturated carbocycles. The van der Waals surface area contributed by atoms with E-state index >= 15 is 0 Å². The van der Waals surface area contributed by atoms with Crippen LogP contribution in [0.3, 0.4) is 0 Å². The van der Waals surface area contributed by atoms with Gasteiger partial charge in [-0.2, -0.15) is 0 Å². The molecule has 0 amide bonds. The zero-order valence-corrected chi connectivity index (χ0v) is 9.23. The molecule has 2 N–H and O–H groups in total. The van der Waals surface area contributed by atoms with Crippen molar-refractivity contribution < 1.29 is 10.2 Å². The van der Waals surface area contributed by atoms with Crippen LogP contribution in [0.15, 0.2) is 30.3 Å². The van der Waals surface area contributed by atoms with Crippen molar-refractivity contribution in [3.8, 4) is 5.75 Å². The first-order valence-corrected chi connectivity index (χ1v) is 5.55. The highest BCUT2D eigenvalue weighted by Gasteiger charge is 2.00. The van der Waals surface area contributed by atoms with E-state index in [1.807, 2.05) is 6.26 Å². The number of aliphatic hydroxyl groups excluding tert-OH is 1. The van der Waals surface area contributed by atoms with Gasteiger partial charge >= 0.3 is 0 Å². The fourth-order valence-corrected chi connectivity index (χ4v) is 1.26. The Bertz CT molecular complexity index is 372. The lowest BCUT2D eigenvalue weighted by molar-refractivity contribution is 0.473. The van der Waals surface area contributed by atoms with Crippen molar-refractivity contribution in [1.82, 2.24) is 0 Å². The quantitative estimate of drug-likeness (QED) is 0.462. The van der Waals surface area contributed by atoms with E-state index < -0.39 is 0 Å². The van der Waals surface area contributed by atoms with Gasteiger partial charge in [-0.1, -0.05) is 24.4 Å². The average molecular weight is 226 g/mol. The highest BCUT2D eigenvalue weighted by molar-refractivity contribution is 8.23. The third-order valence-electron chi connectivity index (χ3n) is 1.60. The summed E-state index contributed by atoms with van der Waals surface area (Å²) in [4.78, 5) is 0. The van der Waals surface area contributed by atoms with Crippen molar-refractivity contribution in [2.24, 2.45) is 0 Å². The van der Waals surface area contributed by atoms with Gasteiger partial charge in [-0.05, 0) is 18.4 Å². The Kier molecular flexibility index (Phi) is 3.98. The van der Waals surface area contributed by atoms with Crippen molar-refractivity contribution in [1.29, 1.82) is 0 Å². The predicted molar refractivity (Wildman–Crippen MR) is 64.8 cm³/mol. The van der Waals surface area contributed by atoms with E-state index in [1.54, 1.807) is 18.2 Å². The first-order chi connectivity index (χ1) is 6.63. The van der Waals surface area contributed by atoms with E-state index in [0.717, 1.165) is 0 Å². The summed E-state index contributed by atoms with van der Waals surface area (Å²) in [7, 11) is 0. The molecule has 0 saturated heterocycles. The van der Waals surface area contributed by atoms with Crippen LogP contribution in [0.25, 0.3) is 5.76 Å². The lowest BCUT2D eigenvalue weighted by atomic mass is 10.2. The Balaban J connectivity index is 2.94. The van der Waals surface area contributed by atoms with Crippen LogP contribution in [0.5, 0.6) is 5.75 Å². The molecule has 1 aromatic carbocycles. The molecule has 4 heteroatoms. The monoisotopic (exact) mass is 226 g/mol. The van der Waals surface area contributed by atoms with E-state index in [0.29, 0.717) is 9.76 Å². The molecule has 0 bridgehead atoms. The second kappa shape index (κ2) is 5.02. The molecule has 1 aromatic rings. The summed E-state index contributed by atoms with van der Waals surface area (Å²) < 4.78 is 0.603. The van der Waals surface area contributed by atoms with Crippen LogP contribution in [-0.4, -0.2) is 20.7 Å². The number of thiocarbonyl (C=S) groups is 1. The number of hydrogen-bond acceptors (Lipinski definition) is 4. The number of phenolic OH excluding ortho intramolecular Hbond substituents is 1. The minimum absolute atomic E-state index is 0.0697. The molecular weight excluding hydrogens is 216 g/mol. The predicted octanol–water partition coefficient (Wildman–Crippen LogP) is 2.98. The Morgan fingerprint density at radius 2 is 2.21 bits per heavy atom. The van der Waals surface area contributed by atoms with Crippen LogP contribution >= 0.6 is 24.0 Å². The lowest BCUT2D eigenvalue weighted by Crippen LogP contribution is -1.86. The highest BCUT2D eigenvalue weighted by atomic mass is 32.2. The zero-order chi connectivity index (χ0) is 10.6. The molecule has 0 aliphatic carbocycles. The smallest absolute Gasteiger partial charge is 0.124 e. The molecule has 0 fully saturated rings. The molecule has 1 rings (SSSR count). The first-order valence-electron chi connectivity index (χ1n) is 3.91. The Morgan fingerprint density at radius 1 is 1.50 bits per heavy atom. The fourth-order valence-electron chi connectivity index (χ4n) is 0.919. The molecule has 0 unspecified atom stereocenters. The normalized spacial score (nSPS) is 11.4. The van der Waals surface area contributed by atoms with Gasteiger partial charge in [0, 0.05) is 11.6 Å². The van der Waals surface area contributed by atoms with Crippen LogP contribution in [0.4, 0.5) is 0 Å². The molecule has 0 aliphatic rings. The maximum absolute atomic E-state index is 9.60. The van der Waals surface area contributed by atoms with Crippen molar-refractivity contribution >= 4 is 33.9 Å². The molecule has 0 atom stereocenters. The topological polar surface area (TPSA) is 40.5 Å². The molecule has 14 heavy (non-hydrogen) atoms. The Morgan fingerprint density at radius 3 is 2.79 bits per heavy atom. The van der Waals surface area contributed by atoms with Gasteiger partial charge in [-0.3, -0.25) is 0 Å². The van der Waals surface area contributed by atoms with Crippen molar-refractivity contribution in [3.05, 3.63) is 35.9 Å². The van der Waals surface area contributed by atoms with Gasteiger partial charge in [-0.15, -0.1) is 11.8 Å². The van der Waals surface area contributed by atoms with Gasteiger partial charge in [0.05, 0.1) is 4.20 Å². The summed E-state index contributed by atoms with van der Waals surface area (Å²) in [5.74, 6) is 0.192. The molecule has 74 valence electrons. The zero-order valence-electron chi connectivity index (χ0n) is 7.60. The number of aromatic hydroxyl groups is 1. The lowest BCUT2D eigenvalue weighted by Gasteiger charge is -2.00. The number of aliphatic hydroxyl groups is 1. The summed E-state index contributed by atoms with van der Waals surface area (Å²) in [6, 6.07) is 6.39. The van der Waals surface area contributed by atoms with E-state index in [2.05, 4.69) is 0 Å². The van der Waals surface area contributed by atoms with Gasteiger partial charge in [-0.25, -0.2) is 0 Å². The number of benzene rings is 1. The van der Waals surface area contributed by atoms with E-state index in [9.17, 15) is 10.2 Å². The van der Waals surface area contributed by atoms with Crippen LogP contribution in [0.2, 0.25) is 0 Å². The van der Waals surface area contributed by atoms with Crippen LogP contribution in [0.1, 0.15) is 5.56 Å². The SMILES string of the molecule is CSC(=S)/C=C(\O)c1cccc(O)c1. The summed E-state index contributed by atoms with van der Waals surface area (Å²) in [6.07, 6.45) is 3.34. The minimum Gasteiger partial charge on any atom is -0.508 e. The maximum atomic E-state index is 9.60. The largest absolute Gasteiger partial charge is 0.508 e. The van der Waals surface area contributed by atoms with Gasteiger partial charge in [0.15, 0.2) is 0 Å². The summed E-state index contributed by atoms with van der Waals surface area (Å²) in [5, 5.41) is 18.8. The number of rotatable bonds is 2. The highest BCUT2D eigenvalue weighted by Crippen LogP contribution is 2.18. The van der Waals surface area contributed by atoms with Gasteiger partial charge in [0.1, 0.15) is 11.5 Å². The number of hydrogen-bond donors (Lipinski definition) is 2. The van der Waals surface area contributed by atoms with Gasteiger partial charge < -0.3 is 10.2 Å². The third kappa shape index (κ3) is 3.05. The minimum atomic E-state index is 0.0697. The van der Waals surface area contributed by atoms with Crippen molar-refractivity contribution in [2.45, 2.75) is 0 Å². The van der Waals surface area contributed by atoms with Crippen LogP contribution < -0.4 is 0 Å². The molecule has 0 spiro atoms. The molecule has 2 nitrogen and oxygen atoms in total. The number of thioether (sulfide) groups is 1. The molecular formula is C10H10O2S2. The molecule has 0 radical (unpaired) electrons. The first kappa shape index (κ1) is 11.1. The summed E-state index contributed by atoms with van der Waals surface area (Å²) in [5.41, 5.74) is 0.557. The number of phenols is 1. The van der Waals surface area contributed by atoms with E-state index in [4.69, 9.17) is 12.2 Å². The Labute approximate surface area is 92.3 Å². The van der Waals surface area contributed by atoms with E-state index in [-0.39, 0.29) is 11.5 Å². The molecule has 0 aliphatic heterocycles. The van der Waals surface area contributed by atoms with Crippen molar-refractivity contribution in [2.75, 3.05) is 6.26 Å². The van der Waals surface area contributed by atoms with Crippen LogP contribution in [0, 0.1) is 0 Å². The molecule has 0 heterocycles. The molecule has 0 aromatic heterocycles. The maximum Gasteiger partial charge on any atom is 0.124 e. The van der Waals surface area contributed by atoms with E-state index in [1.165, 1.54) is 23.9 Å². The van der Waals surface area contributed by atoms with Gasteiger partial charge in [0.2, 0.25) is 0 Å². The average Bonchev–Trinajstić information content (AvgIpc) is 2.17. The fraction of sp³-hybridized carbons (Fsp3) is 0.100. The Hall–Kier alpha value is -1.00. The summed E-state index contributed by atoms with van der Waals surface area (Å²) in [6.45, 7) is 0. The van der Waals surface area contributed by atoms with Gasteiger partial charge in [0.25, 0.3) is 0 Å². The standard InChI is InChI=1S/C10H10O2S2/c1-14-10(13)6-9(12)7-3-2-4-8(11)5-7/h2-6,11-12H,1H3/b9-6-.